The van der Waals surface area contributed by atoms with Crippen molar-refractivity contribution in [3.63, 3.8) is 0 Å². The molecule has 1 saturated heterocycles. The molecule has 0 unspecified atom stereocenters. The predicted molar refractivity (Wildman–Crippen MR) is 65.8 cm³/mol. The number of hydrogen-bond acceptors (Lipinski definition) is 6. The number of carbonyl (C=O) groups excluding carboxylic acids is 1. The van der Waals surface area contributed by atoms with E-state index in [9.17, 15) is 4.79 Å². The normalized spacial score (nSPS) is 23.8. The molecule has 1 fully saturated rings. The third-order valence-corrected chi connectivity index (χ3v) is 2.71. The van der Waals surface area contributed by atoms with Gasteiger partial charge in [-0.1, -0.05) is 0 Å². The fourth-order valence-corrected chi connectivity index (χ4v) is 2.04. The van der Waals surface area contributed by atoms with Gasteiger partial charge in [0, 0.05) is 13.1 Å². The minimum Gasteiger partial charge on any atom is -0.372 e. The molecule has 0 aromatic carbocycles. The SMILES string of the molecule is C[C@@H]1CN(C(=O)c2cncc(NN)n2)C[C@H](C)O1. The average molecular weight is 251 g/mol. The fourth-order valence-electron chi connectivity index (χ4n) is 2.04. The number of hydrazine groups is 1. The Hall–Kier alpha value is -1.73. The van der Waals surface area contributed by atoms with Crippen LogP contribution in [-0.2, 0) is 4.74 Å². The van der Waals surface area contributed by atoms with E-state index in [0.717, 1.165) is 0 Å². The van der Waals surface area contributed by atoms with Gasteiger partial charge in [-0.3, -0.25) is 9.78 Å². The van der Waals surface area contributed by atoms with Crippen molar-refractivity contribution in [3.05, 3.63) is 18.1 Å². The Labute approximate surface area is 105 Å². The van der Waals surface area contributed by atoms with Crippen molar-refractivity contribution in [1.82, 2.24) is 14.9 Å². The zero-order valence-electron chi connectivity index (χ0n) is 10.5. The van der Waals surface area contributed by atoms with Gasteiger partial charge in [0.05, 0.1) is 24.6 Å². The molecular formula is C11H17N5O2. The summed E-state index contributed by atoms with van der Waals surface area (Å²) in [6.07, 6.45) is 2.96. The largest absolute Gasteiger partial charge is 0.372 e. The van der Waals surface area contributed by atoms with Gasteiger partial charge >= 0.3 is 0 Å². The quantitative estimate of drug-likeness (QED) is 0.568. The van der Waals surface area contributed by atoms with Crippen LogP contribution in [0.15, 0.2) is 12.4 Å². The van der Waals surface area contributed by atoms with E-state index in [-0.39, 0.29) is 23.8 Å². The summed E-state index contributed by atoms with van der Waals surface area (Å²) in [5.41, 5.74) is 2.66. The third kappa shape index (κ3) is 2.74. The number of nitrogens with two attached hydrogens (primary N) is 1. The molecule has 2 heterocycles. The summed E-state index contributed by atoms with van der Waals surface area (Å²) in [6, 6.07) is 0. The van der Waals surface area contributed by atoms with Crippen molar-refractivity contribution in [2.45, 2.75) is 26.1 Å². The molecule has 1 aromatic heterocycles. The number of hydrogen-bond donors (Lipinski definition) is 2. The predicted octanol–water partition coefficient (Wildman–Crippen LogP) is 0.0116. The summed E-state index contributed by atoms with van der Waals surface area (Å²) >= 11 is 0. The molecule has 7 heteroatoms. The summed E-state index contributed by atoms with van der Waals surface area (Å²) in [5, 5.41) is 0. The molecule has 2 atom stereocenters. The van der Waals surface area contributed by atoms with E-state index in [4.69, 9.17) is 10.6 Å². The van der Waals surface area contributed by atoms with Gasteiger partial charge in [0.25, 0.3) is 5.91 Å². The standard InChI is InChI=1S/C11H17N5O2/c1-7-5-16(6-8(2)18-7)11(17)9-3-13-4-10(14-9)15-12/h3-4,7-8H,5-6,12H2,1-2H3,(H,14,15)/t7-,8+. The van der Waals surface area contributed by atoms with E-state index >= 15 is 0 Å². The number of nitrogens with one attached hydrogen (secondary N) is 1. The Bertz CT molecular complexity index is 429. The smallest absolute Gasteiger partial charge is 0.274 e. The highest BCUT2D eigenvalue weighted by Gasteiger charge is 2.27. The van der Waals surface area contributed by atoms with Gasteiger partial charge in [-0.05, 0) is 13.8 Å². The van der Waals surface area contributed by atoms with Gasteiger partial charge < -0.3 is 15.1 Å². The van der Waals surface area contributed by atoms with Crippen LogP contribution in [0.3, 0.4) is 0 Å². The molecule has 0 bridgehead atoms. The lowest BCUT2D eigenvalue weighted by Gasteiger charge is -2.35. The fraction of sp³-hybridized carbons (Fsp3) is 0.545. The zero-order chi connectivity index (χ0) is 13.1. The summed E-state index contributed by atoms with van der Waals surface area (Å²) in [5.74, 6) is 5.46. The first-order valence-corrected chi connectivity index (χ1v) is 5.83. The van der Waals surface area contributed by atoms with Crippen LogP contribution in [0.5, 0.6) is 0 Å². The second-order valence-electron chi connectivity index (χ2n) is 4.40. The molecule has 0 saturated carbocycles. The number of morpholine rings is 1. The van der Waals surface area contributed by atoms with Gasteiger partial charge in [-0.25, -0.2) is 10.8 Å². The van der Waals surface area contributed by atoms with Gasteiger partial charge in [0.15, 0.2) is 5.82 Å². The second kappa shape index (κ2) is 5.28. The number of nitrogen functional groups attached to an aromatic ring is 1. The summed E-state index contributed by atoms with van der Waals surface area (Å²) in [4.78, 5) is 22.0. The van der Waals surface area contributed by atoms with Gasteiger partial charge in [0.2, 0.25) is 0 Å². The van der Waals surface area contributed by atoms with Crippen LogP contribution in [-0.4, -0.2) is 46.1 Å². The van der Waals surface area contributed by atoms with E-state index in [0.29, 0.717) is 18.9 Å². The molecular weight excluding hydrogens is 234 g/mol. The lowest BCUT2D eigenvalue weighted by atomic mass is 10.2. The van der Waals surface area contributed by atoms with Crippen LogP contribution < -0.4 is 11.3 Å². The lowest BCUT2D eigenvalue weighted by Crippen LogP contribution is -2.48. The topological polar surface area (TPSA) is 93.4 Å². The highest BCUT2D eigenvalue weighted by molar-refractivity contribution is 5.92. The molecule has 98 valence electrons. The molecule has 0 aliphatic carbocycles. The number of amides is 1. The molecule has 1 aliphatic heterocycles. The van der Waals surface area contributed by atoms with Gasteiger partial charge in [0.1, 0.15) is 5.69 Å². The maximum atomic E-state index is 12.3. The molecule has 1 amide bonds. The average Bonchev–Trinajstić information content (AvgIpc) is 2.37. The number of rotatable bonds is 2. The molecule has 1 aliphatic rings. The first-order chi connectivity index (χ1) is 8.60. The van der Waals surface area contributed by atoms with E-state index in [1.54, 1.807) is 4.90 Å². The third-order valence-electron chi connectivity index (χ3n) is 2.71. The molecule has 2 rings (SSSR count). The first-order valence-electron chi connectivity index (χ1n) is 5.83. The second-order valence-corrected chi connectivity index (χ2v) is 4.40. The van der Waals surface area contributed by atoms with Crippen molar-refractivity contribution < 1.29 is 9.53 Å². The van der Waals surface area contributed by atoms with Crippen LogP contribution in [0.1, 0.15) is 24.3 Å². The van der Waals surface area contributed by atoms with Crippen LogP contribution in [0.25, 0.3) is 0 Å². The summed E-state index contributed by atoms with van der Waals surface area (Å²) in [7, 11) is 0. The maximum absolute atomic E-state index is 12.3. The molecule has 0 radical (unpaired) electrons. The first kappa shape index (κ1) is 12.7. The van der Waals surface area contributed by atoms with Crippen molar-refractivity contribution >= 4 is 11.7 Å². The van der Waals surface area contributed by atoms with Crippen molar-refractivity contribution in [3.8, 4) is 0 Å². The van der Waals surface area contributed by atoms with Crippen molar-refractivity contribution in [2.75, 3.05) is 18.5 Å². The van der Waals surface area contributed by atoms with Crippen LogP contribution in [0.2, 0.25) is 0 Å². The summed E-state index contributed by atoms with van der Waals surface area (Å²) in [6.45, 7) is 5.01. The Morgan fingerprint density at radius 2 is 2.11 bits per heavy atom. The van der Waals surface area contributed by atoms with E-state index < -0.39 is 0 Å². The number of anilines is 1. The number of ether oxygens (including phenoxy) is 1. The summed E-state index contributed by atoms with van der Waals surface area (Å²) < 4.78 is 5.59. The minimum absolute atomic E-state index is 0.0291. The van der Waals surface area contributed by atoms with Gasteiger partial charge in [-0.2, -0.15) is 0 Å². The minimum atomic E-state index is -0.151. The number of aromatic nitrogens is 2. The monoisotopic (exact) mass is 251 g/mol. The van der Waals surface area contributed by atoms with E-state index in [2.05, 4.69) is 15.4 Å². The van der Waals surface area contributed by atoms with Crippen molar-refractivity contribution in [2.24, 2.45) is 5.84 Å². The Morgan fingerprint density at radius 3 is 2.72 bits per heavy atom. The highest BCUT2D eigenvalue weighted by Crippen LogP contribution is 2.13. The van der Waals surface area contributed by atoms with E-state index in [1.807, 2.05) is 13.8 Å². The molecule has 1 aromatic rings. The Morgan fingerprint density at radius 1 is 1.44 bits per heavy atom. The van der Waals surface area contributed by atoms with Crippen LogP contribution in [0.4, 0.5) is 5.82 Å². The van der Waals surface area contributed by atoms with Crippen LogP contribution in [0, 0.1) is 0 Å². The zero-order valence-corrected chi connectivity index (χ0v) is 10.5. The molecule has 18 heavy (non-hydrogen) atoms. The van der Waals surface area contributed by atoms with Gasteiger partial charge in [-0.15, -0.1) is 0 Å². The molecule has 3 N–H and O–H groups in total. The van der Waals surface area contributed by atoms with E-state index in [1.165, 1.54) is 12.4 Å². The Balaban J connectivity index is 2.14. The van der Waals surface area contributed by atoms with Crippen molar-refractivity contribution in [1.29, 1.82) is 0 Å². The molecule has 0 spiro atoms. The lowest BCUT2D eigenvalue weighted by molar-refractivity contribution is -0.0587. The maximum Gasteiger partial charge on any atom is 0.274 e. The molecule has 7 nitrogen and oxygen atoms in total. The highest BCUT2D eigenvalue weighted by atomic mass is 16.5. The Kier molecular flexibility index (Phi) is 3.73. The number of nitrogens with zero attached hydrogens (tertiary/aromatic N) is 3. The number of carbonyl (C=O) groups is 1. The van der Waals surface area contributed by atoms with Crippen LogP contribution >= 0.6 is 0 Å².